The molecule has 0 radical (unpaired) electrons. The Morgan fingerprint density at radius 3 is 2.33 bits per heavy atom. The van der Waals surface area contributed by atoms with E-state index in [2.05, 4.69) is 10.2 Å². The van der Waals surface area contributed by atoms with Crippen molar-refractivity contribution in [2.24, 2.45) is 0 Å². The molecule has 1 amide bonds. The Bertz CT molecular complexity index is 722. The molecule has 0 saturated carbocycles. The molecule has 6 heteroatoms. The number of benzene rings is 2. The van der Waals surface area contributed by atoms with Gasteiger partial charge in [0.05, 0.1) is 25.3 Å². The summed E-state index contributed by atoms with van der Waals surface area (Å²) in [6.07, 6.45) is 0.895. The molecule has 0 aliphatic rings. The summed E-state index contributed by atoms with van der Waals surface area (Å²) in [6.45, 7) is 3.10. The fourth-order valence-corrected chi connectivity index (χ4v) is 2.79. The summed E-state index contributed by atoms with van der Waals surface area (Å²) in [5.41, 5.74) is 1.59. The number of nitrogens with zero attached hydrogens (tertiary/aromatic N) is 1. The molecule has 0 aliphatic heterocycles. The molecule has 0 aliphatic carbocycles. The molecule has 0 spiro atoms. The summed E-state index contributed by atoms with van der Waals surface area (Å²) < 4.78 is 11.2. The molecule has 2 aromatic carbocycles. The first-order chi connectivity index (χ1) is 12.6. The van der Waals surface area contributed by atoms with Gasteiger partial charge in [-0.05, 0) is 38.7 Å². The van der Waals surface area contributed by atoms with E-state index in [-0.39, 0.29) is 24.4 Å². The van der Waals surface area contributed by atoms with Crippen LogP contribution in [0.1, 0.15) is 35.3 Å². The first kappa shape index (κ1) is 22.8. The van der Waals surface area contributed by atoms with Gasteiger partial charge in [-0.15, -0.1) is 12.4 Å². The van der Waals surface area contributed by atoms with E-state index in [0.717, 1.165) is 17.7 Å². The molecular weight excluding hydrogens is 364 g/mol. The van der Waals surface area contributed by atoms with Crippen LogP contribution in [-0.4, -0.2) is 45.2 Å². The maximum Gasteiger partial charge on any atom is 0.255 e. The van der Waals surface area contributed by atoms with Gasteiger partial charge in [0.1, 0.15) is 11.5 Å². The van der Waals surface area contributed by atoms with Gasteiger partial charge in [-0.3, -0.25) is 4.79 Å². The quantitative estimate of drug-likeness (QED) is 0.702. The summed E-state index contributed by atoms with van der Waals surface area (Å²) in [4.78, 5) is 14.8. The number of halogens is 1. The van der Waals surface area contributed by atoms with Crippen molar-refractivity contribution in [3.63, 3.8) is 0 Å². The molecule has 0 saturated heterocycles. The first-order valence-corrected chi connectivity index (χ1v) is 8.87. The number of rotatable bonds is 9. The predicted octanol–water partition coefficient (Wildman–Crippen LogP) is 3.94. The molecule has 148 valence electrons. The van der Waals surface area contributed by atoms with Gasteiger partial charge in [0.2, 0.25) is 0 Å². The number of nitrogens with one attached hydrogen (secondary N) is 1. The fraction of sp³-hybridized carbons (Fsp3) is 0.381. The lowest BCUT2D eigenvalue weighted by atomic mass is 10.0. The zero-order chi connectivity index (χ0) is 18.9. The van der Waals surface area contributed by atoms with Crippen molar-refractivity contribution in [1.82, 2.24) is 10.2 Å². The van der Waals surface area contributed by atoms with Gasteiger partial charge in [-0.25, -0.2) is 0 Å². The highest BCUT2D eigenvalue weighted by Crippen LogP contribution is 2.27. The minimum Gasteiger partial charge on any atom is -0.496 e. The molecule has 2 rings (SSSR count). The van der Waals surface area contributed by atoms with Crippen LogP contribution in [0.15, 0.2) is 48.5 Å². The molecule has 5 nitrogen and oxygen atoms in total. The van der Waals surface area contributed by atoms with Crippen LogP contribution in [-0.2, 0) is 0 Å². The number of para-hydroxylation sites is 2. The van der Waals surface area contributed by atoms with Crippen molar-refractivity contribution in [3.8, 4) is 11.5 Å². The van der Waals surface area contributed by atoms with Crippen LogP contribution >= 0.6 is 12.4 Å². The summed E-state index contributed by atoms with van der Waals surface area (Å²) in [5.74, 6) is 1.29. The average molecular weight is 393 g/mol. The predicted molar refractivity (Wildman–Crippen MR) is 111 cm³/mol. The van der Waals surface area contributed by atoms with Gasteiger partial charge >= 0.3 is 0 Å². The number of ether oxygens (including phenoxy) is 2. The Hall–Kier alpha value is -2.24. The van der Waals surface area contributed by atoms with Crippen LogP contribution in [0, 0.1) is 0 Å². The second-order valence-electron chi connectivity index (χ2n) is 6.28. The van der Waals surface area contributed by atoms with Crippen LogP contribution in [0.4, 0.5) is 0 Å². The monoisotopic (exact) mass is 392 g/mol. The third-order valence-corrected chi connectivity index (χ3v) is 4.17. The molecule has 1 atom stereocenters. The Balaban J connectivity index is 0.00000364. The molecule has 0 fully saturated rings. The summed E-state index contributed by atoms with van der Waals surface area (Å²) in [6, 6.07) is 15.2. The minimum atomic E-state index is -0.140. The number of carbonyl (C=O) groups excluding carboxylic acids is 1. The first-order valence-electron chi connectivity index (χ1n) is 8.87. The van der Waals surface area contributed by atoms with E-state index in [1.807, 2.05) is 63.5 Å². The number of carbonyl (C=O) groups is 1. The average Bonchev–Trinajstić information content (AvgIpc) is 2.66. The third kappa shape index (κ3) is 6.15. The topological polar surface area (TPSA) is 50.8 Å². The van der Waals surface area contributed by atoms with Crippen molar-refractivity contribution < 1.29 is 14.3 Å². The van der Waals surface area contributed by atoms with Crippen molar-refractivity contribution in [3.05, 3.63) is 59.7 Å². The van der Waals surface area contributed by atoms with Gasteiger partial charge in [0.15, 0.2) is 0 Å². The second kappa shape index (κ2) is 11.5. The Labute approximate surface area is 168 Å². The van der Waals surface area contributed by atoms with Crippen molar-refractivity contribution >= 4 is 18.3 Å². The Morgan fingerprint density at radius 2 is 1.70 bits per heavy atom. The van der Waals surface area contributed by atoms with Crippen LogP contribution in [0.25, 0.3) is 0 Å². The lowest BCUT2D eigenvalue weighted by Gasteiger charge is -2.26. The van der Waals surface area contributed by atoms with E-state index in [0.29, 0.717) is 24.5 Å². The van der Waals surface area contributed by atoms with Crippen LogP contribution in [0.3, 0.4) is 0 Å². The third-order valence-electron chi connectivity index (χ3n) is 4.17. The van der Waals surface area contributed by atoms with Crippen LogP contribution in [0.5, 0.6) is 11.5 Å². The van der Waals surface area contributed by atoms with Gasteiger partial charge in [-0.1, -0.05) is 37.3 Å². The van der Waals surface area contributed by atoms with E-state index < -0.39 is 0 Å². The smallest absolute Gasteiger partial charge is 0.255 e. The lowest BCUT2D eigenvalue weighted by Crippen LogP contribution is -2.35. The number of likely N-dealkylation sites (N-methyl/N-ethyl adjacent to an activating group) is 1. The number of methoxy groups -OCH3 is 1. The van der Waals surface area contributed by atoms with E-state index in [4.69, 9.17) is 9.47 Å². The largest absolute Gasteiger partial charge is 0.496 e. The highest BCUT2D eigenvalue weighted by atomic mass is 35.5. The SMILES string of the molecule is CCCOc1ccccc1C(=O)NCC(c1ccccc1OC)N(C)C.Cl. The second-order valence-corrected chi connectivity index (χ2v) is 6.28. The van der Waals surface area contributed by atoms with Gasteiger partial charge in [0, 0.05) is 12.1 Å². The summed E-state index contributed by atoms with van der Waals surface area (Å²) in [5, 5.41) is 3.03. The molecule has 0 aromatic heterocycles. The highest BCUT2D eigenvalue weighted by Gasteiger charge is 2.20. The molecule has 2 aromatic rings. The van der Waals surface area contributed by atoms with Crippen LogP contribution < -0.4 is 14.8 Å². The molecular formula is C21H29ClN2O3. The molecule has 0 heterocycles. The van der Waals surface area contributed by atoms with Gasteiger partial charge in [0.25, 0.3) is 5.91 Å². The van der Waals surface area contributed by atoms with Crippen molar-refractivity contribution in [2.75, 3.05) is 34.4 Å². The Kier molecular flexibility index (Phi) is 9.68. The maximum absolute atomic E-state index is 12.7. The number of hydrogen-bond acceptors (Lipinski definition) is 4. The van der Waals surface area contributed by atoms with E-state index in [1.165, 1.54) is 0 Å². The zero-order valence-electron chi connectivity index (χ0n) is 16.4. The molecule has 1 N–H and O–H groups in total. The number of hydrogen-bond donors (Lipinski definition) is 1. The lowest BCUT2D eigenvalue weighted by molar-refractivity contribution is 0.0937. The van der Waals surface area contributed by atoms with E-state index in [1.54, 1.807) is 13.2 Å². The standard InChI is InChI=1S/C21H28N2O3.ClH/c1-5-14-26-20-13-9-7-11-17(20)21(24)22-15-18(23(2)3)16-10-6-8-12-19(16)25-4;/h6-13,18H,5,14-15H2,1-4H3,(H,22,24);1H. The van der Waals surface area contributed by atoms with Crippen molar-refractivity contribution in [1.29, 1.82) is 0 Å². The Morgan fingerprint density at radius 1 is 1.07 bits per heavy atom. The summed E-state index contributed by atoms with van der Waals surface area (Å²) in [7, 11) is 5.63. The highest BCUT2D eigenvalue weighted by molar-refractivity contribution is 5.96. The molecule has 27 heavy (non-hydrogen) atoms. The maximum atomic E-state index is 12.7. The zero-order valence-corrected chi connectivity index (χ0v) is 17.2. The van der Waals surface area contributed by atoms with Gasteiger partial charge < -0.3 is 19.7 Å². The molecule has 0 bridgehead atoms. The normalized spacial score (nSPS) is 11.4. The van der Waals surface area contributed by atoms with E-state index >= 15 is 0 Å². The van der Waals surface area contributed by atoms with Crippen LogP contribution in [0.2, 0.25) is 0 Å². The summed E-state index contributed by atoms with van der Waals surface area (Å²) >= 11 is 0. The van der Waals surface area contributed by atoms with E-state index in [9.17, 15) is 4.79 Å². The fourth-order valence-electron chi connectivity index (χ4n) is 2.79. The molecule has 1 unspecified atom stereocenters. The van der Waals surface area contributed by atoms with Crippen molar-refractivity contribution in [2.45, 2.75) is 19.4 Å². The van der Waals surface area contributed by atoms with Gasteiger partial charge in [-0.2, -0.15) is 0 Å². The number of amides is 1. The minimum absolute atomic E-state index is 0.